The van der Waals surface area contributed by atoms with Gasteiger partial charge >= 0.3 is 29.8 Å². The molecule has 14 heteroatoms. The third-order valence-electron chi connectivity index (χ3n) is 5.74. The molecule has 1 aromatic carbocycles. The first-order valence-electron chi connectivity index (χ1n) is 12.4. The molecule has 1 rings (SSSR count). The molecule has 0 radical (unpaired) electrons. The second kappa shape index (κ2) is 17.7. The van der Waals surface area contributed by atoms with Gasteiger partial charge in [-0.1, -0.05) is 12.1 Å². The summed E-state index contributed by atoms with van der Waals surface area (Å²) in [6.07, 6.45) is -0.251. The van der Waals surface area contributed by atoms with Gasteiger partial charge in [-0.3, -0.25) is 33.8 Å². The van der Waals surface area contributed by atoms with E-state index < -0.39 is 55.5 Å². The van der Waals surface area contributed by atoms with Crippen molar-refractivity contribution in [2.45, 2.75) is 32.2 Å². The van der Waals surface area contributed by atoms with Crippen LogP contribution in [0.5, 0.6) is 5.75 Å². The number of aliphatic carboxylic acids is 5. The highest BCUT2D eigenvalue weighted by molar-refractivity contribution is 5.73. The monoisotopic (exact) mass is 555 g/mol. The van der Waals surface area contributed by atoms with Crippen molar-refractivity contribution in [1.82, 2.24) is 14.7 Å². The van der Waals surface area contributed by atoms with Gasteiger partial charge in [0.25, 0.3) is 0 Å². The zero-order chi connectivity index (χ0) is 29.4. The maximum atomic E-state index is 11.6. The molecule has 218 valence electrons. The highest BCUT2D eigenvalue weighted by Crippen LogP contribution is 2.16. The molecule has 14 nitrogen and oxygen atoms in total. The van der Waals surface area contributed by atoms with Crippen LogP contribution in [0, 0.1) is 0 Å². The average molecular weight is 556 g/mol. The molecule has 0 aliphatic rings. The number of rotatable bonds is 22. The fraction of sp³-hybridized carbons (Fsp3) is 0.560. The molecule has 0 heterocycles. The van der Waals surface area contributed by atoms with E-state index in [0.29, 0.717) is 12.4 Å². The van der Waals surface area contributed by atoms with Gasteiger partial charge in [-0.2, -0.15) is 0 Å². The summed E-state index contributed by atoms with van der Waals surface area (Å²) in [5.74, 6) is -5.16. The Balaban J connectivity index is 3.18. The Labute approximate surface area is 226 Å². The Kier molecular flexibility index (Phi) is 15.1. The van der Waals surface area contributed by atoms with Gasteiger partial charge < -0.3 is 35.2 Å². The lowest BCUT2D eigenvalue weighted by Crippen LogP contribution is -2.51. The van der Waals surface area contributed by atoms with Gasteiger partial charge in [0.1, 0.15) is 5.75 Å². The summed E-state index contributed by atoms with van der Waals surface area (Å²) in [6.45, 7) is 1.04. The predicted octanol–water partition coefficient (Wildman–Crippen LogP) is 0.106. The quantitative estimate of drug-likeness (QED) is 0.129. The van der Waals surface area contributed by atoms with Crippen molar-refractivity contribution in [1.29, 1.82) is 0 Å². The maximum absolute atomic E-state index is 11.6. The van der Waals surface area contributed by atoms with E-state index in [1.165, 1.54) is 9.80 Å². The van der Waals surface area contributed by atoms with Crippen LogP contribution in [0.15, 0.2) is 24.3 Å². The Morgan fingerprint density at radius 2 is 1.18 bits per heavy atom. The Bertz CT molecular complexity index is 921. The van der Waals surface area contributed by atoms with Gasteiger partial charge in [-0.25, -0.2) is 0 Å². The molecule has 5 N–H and O–H groups in total. The molecule has 0 saturated heterocycles. The minimum Gasteiger partial charge on any atom is -0.494 e. The number of ether oxygens (including phenoxy) is 1. The third-order valence-corrected chi connectivity index (χ3v) is 5.74. The van der Waals surface area contributed by atoms with Crippen molar-refractivity contribution < 1.29 is 54.2 Å². The van der Waals surface area contributed by atoms with Crippen LogP contribution in [0.25, 0.3) is 0 Å². The van der Waals surface area contributed by atoms with Gasteiger partial charge in [-0.05, 0) is 31.0 Å². The van der Waals surface area contributed by atoms with Crippen LogP contribution in [0.3, 0.4) is 0 Å². The lowest BCUT2D eigenvalue weighted by Gasteiger charge is -2.34. The summed E-state index contributed by atoms with van der Waals surface area (Å²) in [4.78, 5) is 61.1. The van der Waals surface area contributed by atoms with Gasteiger partial charge in [0.15, 0.2) is 0 Å². The van der Waals surface area contributed by atoms with Crippen LogP contribution in [0.4, 0.5) is 0 Å². The molecular formula is C25H37N3O11. The van der Waals surface area contributed by atoms with E-state index in [1.54, 1.807) is 29.2 Å². The summed E-state index contributed by atoms with van der Waals surface area (Å²) in [6, 6.07) is 6.28. The van der Waals surface area contributed by atoms with Crippen LogP contribution in [0.1, 0.15) is 25.3 Å². The molecule has 39 heavy (non-hydrogen) atoms. The van der Waals surface area contributed by atoms with Crippen molar-refractivity contribution >= 4 is 29.8 Å². The molecule has 0 fully saturated rings. The lowest BCUT2D eigenvalue weighted by atomic mass is 10.0. The van der Waals surface area contributed by atoms with Crippen LogP contribution >= 0.6 is 0 Å². The fourth-order valence-corrected chi connectivity index (χ4v) is 3.98. The molecule has 0 bridgehead atoms. The lowest BCUT2D eigenvalue weighted by molar-refractivity contribution is -0.144. The number of carboxylic acids is 5. The zero-order valence-electron chi connectivity index (χ0n) is 21.9. The molecular weight excluding hydrogens is 518 g/mol. The summed E-state index contributed by atoms with van der Waals surface area (Å²) in [7, 11) is 0. The number of benzene rings is 1. The Morgan fingerprint density at radius 1 is 0.692 bits per heavy atom. The van der Waals surface area contributed by atoms with Gasteiger partial charge in [-0.15, -0.1) is 0 Å². The van der Waals surface area contributed by atoms with E-state index in [0.717, 1.165) is 5.56 Å². The zero-order valence-corrected chi connectivity index (χ0v) is 21.9. The predicted molar refractivity (Wildman–Crippen MR) is 137 cm³/mol. The van der Waals surface area contributed by atoms with E-state index in [9.17, 15) is 39.3 Å². The molecule has 0 spiro atoms. The number of nitrogens with zero attached hydrogens (tertiary/aromatic N) is 3. The Morgan fingerprint density at radius 3 is 1.62 bits per heavy atom. The standard InChI is InChI=1S/C25H37N3O11/c1-2-39-20-5-3-18(4-6-20)13-19(28(16-24(35)36)17-25(37)38)14-27(15-23(33)34)12-11-26(9-7-21(29)30)10-8-22(31)32/h3-6,19H,2,7-17H2,1H3,(H,29,30)(H,31,32)(H,33,34)(H,35,36)(H,37,38). The molecule has 1 unspecified atom stereocenters. The molecule has 0 aliphatic heterocycles. The number of carboxylic acid groups (broad SMARTS) is 5. The molecule has 1 aromatic rings. The number of hydrogen-bond acceptors (Lipinski definition) is 9. The normalized spacial score (nSPS) is 12.0. The summed E-state index contributed by atoms with van der Waals surface area (Å²) >= 11 is 0. The first kappa shape index (κ1) is 33.3. The molecule has 0 aliphatic carbocycles. The van der Waals surface area contributed by atoms with E-state index in [4.69, 9.17) is 14.9 Å². The average Bonchev–Trinajstić information content (AvgIpc) is 2.82. The van der Waals surface area contributed by atoms with Crippen molar-refractivity contribution in [3.8, 4) is 5.75 Å². The largest absolute Gasteiger partial charge is 0.494 e. The van der Waals surface area contributed by atoms with Crippen LogP contribution in [0.2, 0.25) is 0 Å². The van der Waals surface area contributed by atoms with E-state index in [2.05, 4.69) is 0 Å². The van der Waals surface area contributed by atoms with E-state index in [1.807, 2.05) is 6.92 Å². The first-order chi connectivity index (χ1) is 18.4. The number of hydrogen-bond donors (Lipinski definition) is 5. The number of carbonyl (C=O) groups is 5. The topological polar surface area (TPSA) is 205 Å². The van der Waals surface area contributed by atoms with Crippen molar-refractivity contribution in [3.63, 3.8) is 0 Å². The van der Waals surface area contributed by atoms with Crippen LogP contribution < -0.4 is 4.74 Å². The smallest absolute Gasteiger partial charge is 0.317 e. The van der Waals surface area contributed by atoms with Crippen LogP contribution in [-0.4, -0.2) is 135 Å². The van der Waals surface area contributed by atoms with E-state index in [-0.39, 0.29) is 52.0 Å². The fourth-order valence-electron chi connectivity index (χ4n) is 3.98. The summed E-state index contributed by atoms with van der Waals surface area (Å²) in [5, 5.41) is 46.3. The van der Waals surface area contributed by atoms with E-state index >= 15 is 0 Å². The minimum atomic E-state index is -1.24. The van der Waals surface area contributed by atoms with Gasteiger partial charge in [0.05, 0.1) is 39.1 Å². The van der Waals surface area contributed by atoms with Crippen LogP contribution in [-0.2, 0) is 30.4 Å². The van der Waals surface area contributed by atoms with Gasteiger partial charge in [0, 0.05) is 38.8 Å². The summed E-state index contributed by atoms with van der Waals surface area (Å²) < 4.78 is 5.43. The Hall–Kier alpha value is -3.75. The second-order valence-corrected chi connectivity index (χ2v) is 8.89. The molecule has 0 aromatic heterocycles. The van der Waals surface area contributed by atoms with Gasteiger partial charge in [0.2, 0.25) is 0 Å². The third kappa shape index (κ3) is 15.3. The first-order valence-corrected chi connectivity index (χ1v) is 12.4. The van der Waals surface area contributed by atoms with Crippen molar-refractivity contribution in [2.75, 3.05) is 59.0 Å². The SMILES string of the molecule is CCOc1ccc(CC(CN(CCN(CCC(=O)O)CCC(=O)O)CC(=O)O)N(CC(=O)O)CC(=O)O)cc1. The van der Waals surface area contributed by atoms with Crippen molar-refractivity contribution in [3.05, 3.63) is 29.8 Å². The highest BCUT2D eigenvalue weighted by atomic mass is 16.5. The highest BCUT2D eigenvalue weighted by Gasteiger charge is 2.27. The molecule has 1 atom stereocenters. The summed E-state index contributed by atoms with van der Waals surface area (Å²) in [5.41, 5.74) is 0.754. The maximum Gasteiger partial charge on any atom is 0.317 e. The minimum absolute atomic E-state index is 0.00816. The molecule has 0 saturated carbocycles. The molecule has 0 amide bonds. The van der Waals surface area contributed by atoms with Crippen molar-refractivity contribution in [2.24, 2.45) is 0 Å². The second-order valence-electron chi connectivity index (χ2n) is 8.89.